The normalized spacial score (nSPS) is 11.8. The Labute approximate surface area is 112 Å². The summed E-state index contributed by atoms with van der Waals surface area (Å²) in [6.07, 6.45) is 3.59. The molecular weight excluding hydrogens is 242 g/mol. The maximum atomic E-state index is 5.56. The van der Waals surface area contributed by atoms with Crippen LogP contribution in [0.2, 0.25) is 0 Å². The van der Waals surface area contributed by atoms with E-state index in [9.17, 15) is 0 Å². The Morgan fingerprint density at radius 2 is 1.78 bits per heavy atom. The zero-order chi connectivity index (χ0) is 13.0. The monoisotopic (exact) mass is 257 g/mol. The van der Waals surface area contributed by atoms with E-state index in [0.717, 1.165) is 11.3 Å². The minimum Gasteiger partial charge on any atom is -0.389 e. The Morgan fingerprint density at radius 1 is 1.17 bits per heavy atom. The summed E-state index contributed by atoms with van der Waals surface area (Å²) in [6, 6.07) is 12.0. The number of pyridine rings is 1. The van der Waals surface area contributed by atoms with Gasteiger partial charge < -0.3 is 11.1 Å². The van der Waals surface area contributed by atoms with E-state index in [2.05, 4.69) is 17.2 Å². The van der Waals surface area contributed by atoms with Crippen LogP contribution < -0.4 is 11.1 Å². The van der Waals surface area contributed by atoms with Gasteiger partial charge in [0.25, 0.3) is 0 Å². The van der Waals surface area contributed by atoms with Crippen molar-refractivity contribution in [1.29, 1.82) is 0 Å². The van der Waals surface area contributed by atoms with Crippen LogP contribution in [0.5, 0.6) is 0 Å². The third-order valence-electron chi connectivity index (χ3n) is 2.76. The largest absolute Gasteiger partial charge is 0.389 e. The molecule has 0 aliphatic heterocycles. The van der Waals surface area contributed by atoms with E-state index in [1.54, 1.807) is 12.4 Å². The molecule has 0 fully saturated rings. The second-order valence-electron chi connectivity index (χ2n) is 4.09. The summed E-state index contributed by atoms with van der Waals surface area (Å²) in [5.41, 5.74) is 8.68. The molecular formula is C14H15N3S. The van der Waals surface area contributed by atoms with Gasteiger partial charge in [-0.3, -0.25) is 4.98 Å². The second-order valence-corrected chi connectivity index (χ2v) is 4.53. The fraction of sp³-hybridized carbons (Fsp3) is 0.143. The summed E-state index contributed by atoms with van der Waals surface area (Å²) >= 11 is 4.92. The lowest BCUT2D eigenvalue weighted by Crippen LogP contribution is -2.10. The molecule has 1 aromatic heterocycles. The smallest absolute Gasteiger partial charge is 0.103 e. The molecule has 1 aromatic carbocycles. The lowest BCUT2D eigenvalue weighted by atomic mass is 10.1. The highest BCUT2D eigenvalue weighted by Gasteiger charge is 2.04. The Hall–Kier alpha value is -1.94. The Kier molecular flexibility index (Phi) is 3.89. The molecule has 0 spiro atoms. The highest BCUT2D eigenvalue weighted by molar-refractivity contribution is 7.80. The van der Waals surface area contributed by atoms with Gasteiger partial charge in [0.1, 0.15) is 4.99 Å². The van der Waals surface area contributed by atoms with Gasteiger partial charge >= 0.3 is 0 Å². The van der Waals surface area contributed by atoms with E-state index >= 15 is 0 Å². The number of nitrogens with two attached hydrogens (primary N) is 1. The number of benzene rings is 1. The molecule has 1 unspecified atom stereocenters. The van der Waals surface area contributed by atoms with Gasteiger partial charge in [-0.05, 0) is 48.9 Å². The van der Waals surface area contributed by atoms with Crippen molar-refractivity contribution in [3.05, 3.63) is 59.9 Å². The average molecular weight is 257 g/mol. The van der Waals surface area contributed by atoms with Crippen LogP contribution in [0.4, 0.5) is 5.69 Å². The molecule has 0 amide bonds. The number of anilines is 1. The molecule has 1 heterocycles. The van der Waals surface area contributed by atoms with Crippen molar-refractivity contribution in [3.8, 4) is 0 Å². The summed E-state index contributed by atoms with van der Waals surface area (Å²) in [7, 11) is 0. The Morgan fingerprint density at radius 3 is 2.33 bits per heavy atom. The minimum atomic E-state index is 0.226. The molecule has 0 aliphatic carbocycles. The van der Waals surface area contributed by atoms with Crippen LogP contribution in [-0.4, -0.2) is 9.97 Å². The summed E-state index contributed by atoms with van der Waals surface area (Å²) in [5, 5.41) is 3.41. The van der Waals surface area contributed by atoms with Crippen LogP contribution in [0.3, 0.4) is 0 Å². The maximum Gasteiger partial charge on any atom is 0.103 e. The fourth-order valence-electron chi connectivity index (χ4n) is 1.72. The highest BCUT2D eigenvalue weighted by Crippen LogP contribution is 2.18. The van der Waals surface area contributed by atoms with Crippen molar-refractivity contribution in [1.82, 2.24) is 4.98 Å². The van der Waals surface area contributed by atoms with Crippen molar-refractivity contribution < 1.29 is 0 Å². The van der Waals surface area contributed by atoms with Crippen molar-refractivity contribution in [2.75, 3.05) is 5.32 Å². The number of nitrogens with one attached hydrogen (secondary N) is 1. The zero-order valence-corrected chi connectivity index (χ0v) is 10.9. The van der Waals surface area contributed by atoms with E-state index in [0.29, 0.717) is 4.99 Å². The minimum absolute atomic E-state index is 0.226. The van der Waals surface area contributed by atoms with Gasteiger partial charge in [0.2, 0.25) is 0 Å². The summed E-state index contributed by atoms with van der Waals surface area (Å²) in [5.74, 6) is 0. The molecule has 0 saturated heterocycles. The molecule has 0 saturated carbocycles. The quantitative estimate of drug-likeness (QED) is 0.827. The van der Waals surface area contributed by atoms with Gasteiger partial charge in [-0.1, -0.05) is 12.2 Å². The SMILES string of the molecule is CC(Nc1ccc(C(N)=S)cc1)c1ccncc1. The molecule has 92 valence electrons. The number of hydrogen-bond donors (Lipinski definition) is 2. The standard InChI is InChI=1S/C14H15N3S/c1-10(11-6-8-16-9-7-11)17-13-4-2-12(3-5-13)14(15)18/h2-10,17H,1H3,(H2,15,18). The number of hydrogen-bond acceptors (Lipinski definition) is 3. The molecule has 18 heavy (non-hydrogen) atoms. The Balaban J connectivity index is 2.08. The lowest BCUT2D eigenvalue weighted by molar-refractivity contribution is 0.881. The summed E-state index contributed by atoms with van der Waals surface area (Å²) < 4.78 is 0. The summed E-state index contributed by atoms with van der Waals surface area (Å²) in [4.78, 5) is 4.43. The average Bonchev–Trinajstić information content (AvgIpc) is 2.40. The first kappa shape index (κ1) is 12.5. The molecule has 0 aliphatic rings. The number of nitrogens with zero attached hydrogens (tertiary/aromatic N) is 1. The van der Waals surface area contributed by atoms with Crippen LogP contribution in [0.25, 0.3) is 0 Å². The molecule has 2 aromatic rings. The lowest BCUT2D eigenvalue weighted by Gasteiger charge is -2.15. The van der Waals surface area contributed by atoms with E-state index in [1.807, 2.05) is 36.4 Å². The molecule has 3 N–H and O–H groups in total. The van der Waals surface area contributed by atoms with Gasteiger partial charge in [0.15, 0.2) is 0 Å². The van der Waals surface area contributed by atoms with Crippen LogP contribution in [0.1, 0.15) is 24.1 Å². The first-order valence-electron chi connectivity index (χ1n) is 5.73. The zero-order valence-electron chi connectivity index (χ0n) is 10.1. The molecule has 4 heteroatoms. The third kappa shape index (κ3) is 3.05. The van der Waals surface area contributed by atoms with Gasteiger partial charge in [-0.2, -0.15) is 0 Å². The number of thiocarbonyl (C=S) groups is 1. The highest BCUT2D eigenvalue weighted by atomic mass is 32.1. The van der Waals surface area contributed by atoms with E-state index in [-0.39, 0.29) is 6.04 Å². The molecule has 0 radical (unpaired) electrons. The van der Waals surface area contributed by atoms with Crippen LogP contribution in [0.15, 0.2) is 48.8 Å². The second kappa shape index (κ2) is 5.60. The van der Waals surface area contributed by atoms with Crippen LogP contribution in [0, 0.1) is 0 Å². The van der Waals surface area contributed by atoms with Crippen molar-refractivity contribution in [2.45, 2.75) is 13.0 Å². The van der Waals surface area contributed by atoms with Crippen LogP contribution in [-0.2, 0) is 0 Å². The topological polar surface area (TPSA) is 50.9 Å². The molecule has 2 rings (SSSR count). The van der Waals surface area contributed by atoms with Gasteiger partial charge in [-0.25, -0.2) is 0 Å². The number of rotatable bonds is 4. The fourth-order valence-corrected chi connectivity index (χ4v) is 1.85. The maximum absolute atomic E-state index is 5.56. The van der Waals surface area contributed by atoms with Crippen LogP contribution >= 0.6 is 12.2 Å². The van der Waals surface area contributed by atoms with E-state index in [4.69, 9.17) is 18.0 Å². The van der Waals surface area contributed by atoms with Gasteiger partial charge in [-0.15, -0.1) is 0 Å². The van der Waals surface area contributed by atoms with Gasteiger partial charge in [0, 0.05) is 29.7 Å². The molecule has 1 atom stereocenters. The van der Waals surface area contributed by atoms with Crippen molar-refractivity contribution in [3.63, 3.8) is 0 Å². The Bertz CT molecular complexity index is 522. The van der Waals surface area contributed by atoms with E-state index in [1.165, 1.54) is 5.56 Å². The first-order valence-corrected chi connectivity index (χ1v) is 6.14. The summed E-state index contributed by atoms with van der Waals surface area (Å²) in [6.45, 7) is 2.11. The van der Waals surface area contributed by atoms with Crippen molar-refractivity contribution in [2.24, 2.45) is 5.73 Å². The van der Waals surface area contributed by atoms with Gasteiger partial charge in [0.05, 0.1) is 0 Å². The third-order valence-corrected chi connectivity index (χ3v) is 2.99. The molecule has 0 bridgehead atoms. The molecule has 3 nitrogen and oxygen atoms in total. The number of aromatic nitrogens is 1. The predicted octanol–water partition coefficient (Wildman–Crippen LogP) is 2.89. The first-order chi connectivity index (χ1) is 8.66. The van der Waals surface area contributed by atoms with Crippen molar-refractivity contribution >= 4 is 22.9 Å². The van der Waals surface area contributed by atoms with E-state index < -0.39 is 0 Å². The predicted molar refractivity (Wildman–Crippen MR) is 78.6 cm³/mol.